The lowest BCUT2D eigenvalue weighted by Crippen LogP contribution is -2.17. The Bertz CT molecular complexity index is 896. The van der Waals surface area contributed by atoms with E-state index in [1.165, 1.54) is 6.07 Å². The number of hydrogen-bond acceptors (Lipinski definition) is 3. The molecule has 0 fully saturated rings. The van der Waals surface area contributed by atoms with Gasteiger partial charge in [0.25, 0.3) is 0 Å². The van der Waals surface area contributed by atoms with Crippen LogP contribution in [-0.4, -0.2) is 19.8 Å². The fourth-order valence-corrected chi connectivity index (χ4v) is 3.33. The molecule has 3 aromatic rings. The summed E-state index contributed by atoms with van der Waals surface area (Å²) in [5.74, 6) is 0.374. The zero-order valence-electron chi connectivity index (χ0n) is 16.0. The molecule has 0 atom stereocenters. The first kappa shape index (κ1) is 20.6. The molecule has 0 saturated heterocycles. The van der Waals surface area contributed by atoms with Gasteiger partial charge in [-0.25, -0.2) is 4.39 Å². The van der Waals surface area contributed by atoms with Crippen LogP contribution >= 0.6 is 11.6 Å². The van der Waals surface area contributed by atoms with E-state index in [1.807, 2.05) is 31.2 Å². The van der Waals surface area contributed by atoms with Gasteiger partial charge >= 0.3 is 0 Å². The van der Waals surface area contributed by atoms with Crippen LogP contribution in [0.1, 0.15) is 24.5 Å². The van der Waals surface area contributed by atoms with Crippen molar-refractivity contribution in [1.29, 1.82) is 0 Å². The maximum Gasteiger partial charge on any atom is 0.131 e. The van der Waals surface area contributed by atoms with Crippen molar-refractivity contribution >= 4 is 22.4 Å². The largest absolute Gasteiger partial charge is 0.488 e. The lowest BCUT2D eigenvalue weighted by Gasteiger charge is -2.16. The highest BCUT2D eigenvalue weighted by Gasteiger charge is 2.12. The molecule has 3 nitrogen and oxygen atoms in total. The predicted molar refractivity (Wildman–Crippen MR) is 113 cm³/mol. The summed E-state index contributed by atoms with van der Waals surface area (Å²) in [6, 6.07) is 16.8. The van der Waals surface area contributed by atoms with E-state index in [9.17, 15) is 4.39 Å². The Balaban J connectivity index is 1.77. The van der Waals surface area contributed by atoms with Gasteiger partial charge in [-0.3, -0.25) is 0 Å². The summed E-state index contributed by atoms with van der Waals surface area (Å²) in [6.07, 6.45) is 0.944. The molecule has 0 radical (unpaired) electrons. The molecule has 0 aromatic heterocycles. The second-order valence-corrected chi connectivity index (χ2v) is 6.89. The number of halogens is 2. The van der Waals surface area contributed by atoms with Gasteiger partial charge in [0, 0.05) is 30.9 Å². The van der Waals surface area contributed by atoms with E-state index in [0.717, 1.165) is 48.3 Å². The first-order chi connectivity index (χ1) is 13.7. The maximum absolute atomic E-state index is 14.1. The molecular weight excluding hydrogens is 377 g/mol. The highest BCUT2D eigenvalue weighted by atomic mass is 35.5. The molecule has 3 aromatic carbocycles. The van der Waals surface area contributed by atoms with Crippen LogP contribution in [0.2, 0.25) is 5.02 Å². The van der Waals surface area contributed by atoms with E-state index in [4.69, 9.17) is 21.1 Å². The average molecular weight is 402 g/mol. The number of benzene rings is 3. The van der Waals surface area contributed by atoms with E-state index in [0.29, 0.717) is 17.1 Å². The van der Waals surface area contributed by atoms with Gasteiger partial charge in [-0.05, 0) is 48.9 Å². The van der Waals surface area contributed by atoms with Gasteiger partial charge < -0.3 is 14.8 Å². The van der Waals surface area contributed by atoms with Gasteiger partial charge in [0.15, 0.2) is 0 Å². The summed E-state index contributed by atoms with van der Waals surface area (Å²) in [7, 11) is 0. The van der Waals surface area contributed by atoms with Crippen LogP contribution in [0.25, 0.3) is 10.8 Å². The molecule has 0 amide bonds. The van der Waals surface area contributed by atoms with Crippen molar-refractivity contribution in [2.75, 3.05) is 19.8 Å². The Morgan fingerprint density at radius 1 is 1.00 bits per heavy atom. The van der Waals surface area contributed by atoms with E-state index in [2.05, 4.69) is 17.4 Å². The minimum atomic E-state index is -0.358. The summed E-state index contributed by atoms with van der Waals surface area (Å²) < 4.78 is 25.4. The number of hydrogen-bond donors (Lipinski definition) is 1. The Labute approximate surface area is 170 Å². The summed E-state index contributed by atoms with van der Waals surface area (Å²) in [6.45, 7) is 5.07. The molecule has 0 aliphatic carbocycles. The number of fused-ring (bicyclic) bond motifs is 1. The third-order valence-electron chi connectivity index (χ3n) is 4.58. The summed E-state index contributed by atoms with van der Waals surface area (Å²) in [5, 5.41) is 6.09. The molecule has 3 rings (SSSR count). The number of nitrogens with one attached hydrogen (secondary N) is 1. The quantitative estimate of drug-likeness (QED) is 0.440. The van der Waals surface area contributed by atoms with Crippen molar-refractivity contribution in [3.05, 3.63) is 76.6 Å². The third kappa shape index (κ3) is 5.22. The van der Waals surface area contributed by atoms with Gasteiger partial charge in [0.2, 0.25) is 0 Å². The number of rotatable bonds is 10. The van der Waals surface area contributed by atoms with E-state index in [1.54, 1.807) is 12.1 Å². The van der Waals surface area contributed by atoms with Crippen LogP contribution in [0.15, 0.2) is 54.6 Å². The Morgan fingerprint density at radius 3 is 2.68 bits per heavy atom. The molecule has 0 heterocycles. The Kier molecular flexibility index (Phi) is 7.66. The fourth-order valence-electron chi connectivity index (χ4n) is 3.11. The maximum atomic E-state index is 14.1. The summed E-state index contributed by atoms with van der Waals surface area (Å²) in [5.41, 5.74) is 1.43. The zero-order chi connectivity index (χ0) is 19.8. The molecule has 0 unspecified atom stereocenters. The molecular formula is C23H25ClFNO2. The highest BCUT2D eigenvalue weighted by molar-refractivity contribution is 6.31. The normalized spacial score (nSPS) is 11.1. The Morgan fingerprint density at radius 2 is 1.86 bits per heavy atom. The zero-order valence-corrected chi connectivity index (χ0v) is 16.8. The van der Waals surface area contributed by atoms with Crippen molar-refractivity contribution in [2.24, 2.45) is 0 Å². The first-order valence-electron chi connectivity index (χ1n) is 9.55. The molecule has 0 saturated carbocycles. The molecule has 0 aliphatic heterocycles. The molecule has 5 heteroatoms. The monoisotopic (exact) mass is 401 g/mol. The van der Waals surface area contributed by atoms with Crippen LogP contribution in [-0.2, 0) is 17.9 Å². The van der Waals surface area contributed by atoms with Crippen molar-refractivity contribution < 1.29 is 13.9 Å². The van der Waals surface area contributed by atoms with Gasteiger partial charge in [0.1, 0.15) is 18.2 Å². The van der Waals surface area contributed by atoms with Gasteiger partial charge in [-0.2, -0.15) is 0 Å². The molecule has 0 bridgehead atoms. The topological polar surface area (TPSA) is 30.5 Å². The molecule has 0 spiro atoms. The smallest absolute Gasteiger partial charge is 0.131 e. The lowest BCUT2D eigenvalue weighted by atomic mass is 10.0. The highest BCUT2D eigenvalue weighted by Crippen LogP contribution is 2.30. The van der Waals surface area contributed by atoms with Crippen molar-refractivity contribution in [1.82, 2.24) is 5.32 Å². The van der Waals surface area contributed by atoms with Crippen molar-refractivity contribution in [3.8, 4) is 5.75 Å². The third-order valence-corrected chi connectivity index (χ3v) is 4.93. The van der Waals surface area contributed by atoms with Crippen molar-refractivity contribution in [3.63, 3.8) is 0 Å². The molecule has 1 N–H and O–H groups in total. The average Bonchev–Trinajstić information content (AvgIpc) is 2.71. The lowest BCUT2D eigenvalue weighted by molar-refractivity contribution is 0.144. The minimum Gasteiger partial charge on any atom is -0.488 e. The van der Waals surface area contributed by atoms with E-state index >= 15 is 0 Å². The molecule has 28 heavy (non-hydrogen) atoms. The standard InChI is InChI=1S/C23H25ClFNO2/c1-2-27-14-6-13-26-15-19-18-8-4-3-7-17(18)11-12-23(19)28-16-20-21(24)9-5-10-22(20)25/h3-5,7-12,26H,2,6,13-16H2,1H3. The van der Waals surface area contributed by atoms with Crippen LogP contribution in [0.3, 0.4) is 0 Å². The van der Waals surface area contributed by atoms with Crippen LogP contribution in [0.5, 0.6) is 5.75 Å². The molecule has 148 valence electrons. The minimum absolute atomic E-state index is 0.0845. The van der Waals surface area contributed by atoms with Crippen LogP contribution in [0, 0.1) is 5.82 Å². The first-order valence-corrected chi connectivity index (χ1v) is 9.93. The Hall–Kier alpha value is -2.14. The summed E-state index contributed by atoms with van der Waals surface area (Å²) in [4.78, 5) is 0. The van der Waals surface area contributed by atoms with Gasteiger partial charge in [-0.1, -0.05) is 48.0 Å². The van der Waals surface area contributed by atoms with Gasteiger partial charge in [0.05, 0.1) is 5.02 Å². The molecule has 0 aliphatic rings. The van der Waals surface area contributed by atoms with Crippen LogP contribution in [0.4, 0.5) is 4.39 Å². The second kappa shape index (κ2) is 10.4. The van der Waals surface area contributed by atoms with Gasteiger partial charge in [-0.15, -0.1) is 0 Å². The predicted octanol–water partition coefficient (Wildman–Crippen LogP) is 5.73. The van der Waals surface area contributed by atoms with E-state index in [-0.39, 0.29) is 12.4 Å². The summed E-state index contributed by atoms with van der Waals surface area (Å²) >= 11 is 6.13. The second-order valence-electron chi connectivity index (χ2n) is 6.48. The van der Waals surface area contributed by atoms with Crippen LogP contribution < -0.4 is 10.1 Å². The van der Waals surface area contributed by atoms with Crippen molar-refractivity contribution in [2.45, 2.75) is 26.5 Å². The number of ether oxygens (including phenoxy) is 2. The fraction of sp³-hybridized carbons (Fsp3) is 0.304. The van der Waals surface area contributed by atoms with E-state index < -0.39 is 0 Å². The SMILES string of the molecule is CCOCCCNCc1c(OCc2c(F)cccc2Cl)ccc2ccccc12.